The van der Waals surface area contributed by atoms with E-state index in [0.717, 1.165) is 15.8 Å². The molecule has 0 bridgehead atoms. The van der Waals surface area contributed by atoms with Gasteiger partial charge in [0.1, 0.15) is 11.3 Å². The third-order valence-electron chi connectivity index (χ3n) is 2.55. The SMILES string of the molecule is Oc1ccc(-c2ccccc2)c2scnc12. The van der Waals surface area contributed by atoms with Gasteiger partial charge in [0.25, 0.3) is 0 Å². The number of thiazole rings is 1. The molecule has 78 valence electrons. The quantitative estimate of drug-likeness (QED) is 0.688. The van der Waals surface area contributed by atoms with Gasteiger partial charge in [-0.25, -0.2) is 4.98 Å². The number of aromatic hydroxyl groups is 1. The van der Waals surface area contributed by atoms with Crippen LogP contribution >= 0.6 is 11.3 Å². The van der Waals surface area contributed by atoms with Gasteiger partial charge in [0.15, 0.2) is 0 Å². The lowest BCUT2D eigenvalue weighted by atomic mass is 10.1. The topological polar surface area (TPSA) is 33.1 Å². The van der Waals surface area contributed by atoms with Crippen LogP contribution in [0, 0.1) is 0 Å². The van der Waals surface area contributed by atoms with E-state index < -0.39 is 0 Å². The number of rotatable bonds is 1. The van der Waals surface area contributed by atoms with E-state index in [9.17, 15) is 5.11 Å². The molecule has 2 aromatic carbocycles. The van der Waals surface area contributed by atoms with Crippen molar-refractivity contribution in [2.45, 2.75) is 0 Å². The molecule has 1 heterocycles. The van der Waals surface area contributed by atoms with E-state index in [-0.39, 0.29) is 5.75 Å². The van der Waals surface area contributed by atoms with Crippen LogP contribution in [-0.2, 0) is 0 Å². The van der Waals surface area contributed by atoms with Gasteiger partial charge in [0.05, 0.1) is 10.2 Å². The molecule has 0 fully saturated rings. The first-order valence-electron chi connectivity index (χ1n) is 4.97. The molecule has 0 aliphatic carbocycles. The average molecular weight is 227 g/mol. The van der Waals surface area contributed by atoms with Crippen molar-refractivity contribution in [2.24, 2.45) is 0 Å². The van der Waals surface area contributed by atoms with Crippen molar-refractivity contribution >= 4 is 21.6 Å². The standard InChI is InChI=1S/C13H9NOS/c15-11-7-6-10(9-4-2-1-3-5-9)13-12(11)14-8-16-13/h1-8,15H. The number of hydrogen-bond donors (Lipinski definition) is 1. The average Bonchev–Trinajstić information content (AvgIpc) is 2.81. The molecule has 0 aliphatic rings. The highest BCUT2D eigenvalue weighted by Crippen LogP contribution is 2.35. The van der Waals surface area contributed by atoms with Gasteiger partial charge in [-0.1, -0.05) is 30.3 Å². The fraction of sp³-hybridized carbons (Fsp3) is 0. The van der Waals surface area contributed by atoms with Gasteiger partial charge < -0.3 is 5.11 Å². The predicted molar refractivity (Wildman–Crippen MR) is 66.7 cm³/mol. The molecular formula is C13H9NOS. The summed E-state index contributed by atoms with van der Waals surface area (Å²) in [5, 5.41) is 9.68. The van der Waals surface area contributed by atoms with Crippen LogP contribution in [0.1, 0.15) is 0 Å². The van der Waals surface area contributed by atoms with Crippen molar-refractivity contribution in [1.29, 1.82) is 0 Å². The lowest BCUT2D eigenvalue weighted by Gasteiger charge is -2.03. The minimum atomic E-state index is 0.246. The van der Waals surface area contributed by atoms with Crippen LogP contribution in [0.25, 0.3) is 21.3 Å². The van der Waals surface area contributed by atoms with Crippen LogP contribution in [0.5, 0.6) is 5.75 Å². The van der Waals surface area contributed by atoms with Gasteiger partial charge in [-0.15, -0.1) is 11.3 Å². The molecule has 1 aromatic heterocycles. The van der Waals surface area contributed by atoms with E-state index in [1.54, 1.807) is 22.9 Å². The molecular weight excluding hydrogens is 218 g/mol. The Hall–Kier alpha value is -1.87. The Bertz CT molecular complexity index is 631. The van der Waals surface area contributed by atoms with E-state index >= 15 is 0 Å². The molecule has 0 unspecified atom stereocenters. The number of nitrogens with zero attached hydrogens (tertiary/aromatic N) is 1. The fourth-order valence-electron chi connectivity index (χ4n) is 1.78. The zero-order valence-electron chi connectivity index (χ0n) is 8.42. The van der Waals surface area contributed by atoms with Gasteiger partial charge in [0.2, 0.25) is 0 Å². The Kier molecular flexibility index (Phi) is 2.11. The minimum absolute atomic E-state index is 0.246. The second-order valence-corrected chi connectivity index (χ2v) is 4.38. The summed E-state index contributed by atoms with van der Waals surface area (Å²) in [6.45, 7) is 0. The third-order valence-corrected chi connectivity index (χ3v) is 3.41. The molecule has 1 N–H and O–H groups in total. The Morgan fingerprint density at radius 2 is 1.81 bits per heavy atom. The molecule has 0 amide bonds. The maximum absolute atomic E-state index is 9.68. The Morgan fingerprint density at radius 1 is 1.00 bits per heavy atom. The van der Waals surface area contributed by atoms with Gasteiger partial charge >= 0.3 is 0 Å². The van der Waals surface area contributed by atoms with Crippen molar-refractivity contribution < 1.29 is 5.11 Å². The number of fused-ring (bicyclic) bond motifs is 1. The molecule has 0 saturated carbocycles. The smallest absolute Gasteiger partial charge is 0.142 e. The number of aromatic nitrogens is 1. The van der Waals surface area contributed by atoms with Crippen LogP contribution in [0.2, 0.25) is 0 Å². The molecule has 0 saturated heterocycles. The largest absolute Gasteiger partial charge is 0.506 e. The monoisotopic (exact) mass is 227 g/mol. The molecule has 3 aromatic rings. The summed E-state index contributed by atoms with van der Waals surface area (Å²) < 4.78 is 1.03. The minimum Gasteiger partial charge on any atom is -0.506 e. The highest BCUT2D eigenvalue weighted by Gasteiger charge is 2.08. The lowest BCUT2D eigenvalue weighted by Crippen LogP contribution is -1.78. The Balaban J connectivity index is 2.33. The molecule has 0 spiro atoms. The van der Waals surface area contributed by atoms with E-state index in [1.165, 1.54) is 0 Å². The summed E-state index contributed by atoms with van der Waals surface area (Å²) in [6, 6.07) is 13.8. The molecule has 3 heteroatoms. The zero-order valence-corrected chi connectivity index (χ0v) is 9.24. The van der Waals surface area contributed by atoms with Crippen molar-refractivity contribution in [1.82, 2.24) is 4.98 Å². The number of phenolic OH excluding ortho intramolecular Hbond substituents is 1. The first kappa shape index (κ1) is 9.36. The fourth-order valence-corrected chi connectivity index (χ4v) is 2.63. The number of hydrogen-bond acceptors (Lipinski definition) is 3. The van der Waals surface area contributed by atoms with Gasteiger partial charge in [0, 0.05) is 5.56 Å². The van der Waals surface area contributed by atoms with Crippen molar-refractivity contribution in [2.75, 3.05) is 0 Å². The van der Waals surface area contributed by atoms with Crippen molar-refractivity contribution in [3.05, 3.63) is 48.0 Å². The summed E-state index contributed by atoms with van der Waals surface area (Å²) in [6.07, 6.45) is 0. The summed E-state index contributed by atoms with van der Waals surface area (Å²) >= 11 is 1.55. The summed E-state index contributed by atoms with van der Waals surface area (Å²) in [4.78, 5) is 4.17. The van der Waals surface area contributed by atoms with Crippen LogP contribution in [0.15, 0.2) is 48.0 Å². The lowest BCUT2D eigenvalue weighted by molar-refractivity contribution is 0.480. The van der Waals surface area contributed by atoms with E-state index in [1.807, 2.05) is 24.3 Å². The molecule has 3 rings (SSSR count). The summed E-state index contributed by atoms with van der Waals surface area (Å²) in [5.41, 5.74) is 4.72. The second kappa shape index (κ2) is 3.61. The first-order valence-corrected chi connectivity index (χ1v) is 5.85. The normalized spacial score (nSPS) is 10.8. The number of phenols is 1. The van der Waals surface area contributed by atoms with E-state index in [2.05, 4.69) is 17.1 Å². The molecule has 16 heavy (non-hydrogen) atoms. The molecule has 0 atom stereocenters. The second-order valence-electron chi connectivity index (χ2n) is 3.53. The third kappa shape index (κ3) is 1.37. The molecule has 0 aliphatic heterocycles. The highest BCUT2D eigenvalue weighted by atomic mass is 32.1. The number of benzene rings is 2. The van der Waals surface area contributed by atoms with Crippen LogP contribution < -0.4 is 0 Å². The van der Waals surface area contributed by atoms with E-state index in [4.69, 9.17) is 0 Å². The van der Waals surface area contributed by atoms with Gasteiger partial charge in [-0.05, 0) is 17.7 Å². The maximum atomic E-state index is 9.68. The summed E-state index contributed by atoms with van der Waals surface area (Å²) in [5.74, 6) is 0.246. The van der Waals surface area contributed by atoms with Gasteiger partial charge in [-0.3, -0.25) is 0 Å². The Morgan fingerprint density at radius 3 is 2.62 bits per heavy atom. The predicted octanol–water partition coefficient (Wildman–Crippen LogP) is 3.67. The summed E-state index contributed by atoms with van der Waals surface area (Å²) in [7, 11) is 0. The first-order chi connectivity index (χ1) is 7.86. The van der Waals surface area contributed by atoms with Gasteiger partial charge in [-0.2, -0.15) is 0 Å². The molecule has 0 radical (unpaired) electrons. The Labute approximate surface area is 96.8 Å². The van der Waals surface area contributed by atoms with Crippen LogP contribution in [-0.4, -0.2) is 10.1 Å². The van der Waals surface area contributed by atoms with Crippen LogP contribution in [0.4, 0.5) is 0 Å². The van der Waals surface area contributed by atoms with E-state index in [0.29, 0.717) is 5.52 Å². The maximum Gasteiger partial charge on any atom is 0.142 e. The van der Waals surface area contributed by atoms with Crippen molar-refractivity contribution in [3.8, 4) is 16.9 Å². The van der Waals surface area contributed by atoms with Crippen LogP contribution in [0.3, 0.4) is 0 Å². The van der Waals surface area contributed by atoms with Crippen molar-refractivity contribution in [3.63, 3.8) is 0 Å². The molecule has 2 nitrogen and oxygen atoms in total. The highest BCUT2D eigenvalue weighted by molar-refractivity contribution is 7.17. The zero-order chi connectivity index (χ0) is 11.0.